The van der Waals surface area contributed by atoms with Crippen molar-refractivity contribution in [2.45, 2.75) is 31.7 Å². The Hall–Kier alpha value is -2.24. The van der Waals surface area contributed by atoms with Crippen LogP contribution in [0.5, 0.6) is 0 Å². The fraction of sp³-hybridized carbons (Fsp3) is 0.385. The van der Waals surface area contributed by atoms with Gasteiger partial charge in [-0.05, 0) is 30.5 Å². The molecule has 0 unspecified atom stereocenters. The highest BCUT2D eigenvalue weighted by atomic mass is 16.2. The second-order valence-corrected chi connectivity index (χ2v) is 4.43. The maximum atomic E-state index is 11.5. The van der Waals surface area contributed by atoms with E-state index in [2.05, 4.69) is 20.8 Å². The van der Waals surface area contributed by atoms with Crippen molar-refractivity contribution in [1.82, 2.24) is 15.7 Å². The van der Waals surface area contributed by atoms with Crippen LogP contribution in [0.1, 0.15) is 31.2 Å². The third kappa shape index (κ3) is 4.17. The summed E-state index contributed by atoms with van der Waals surface area (Å²) in [6, 6.07) is 3.62. The van der Waals surface area contributed by atoms with E-state index in [4.69, 9.17) is 0 Å². The summed E-state index contributed by atoms with van der Waals surface area (Å²) in [5.41, 5.74) is 3.00. The van der Waals surface area contributed by atoms with Crippen molar-refractivity contribution >= 4 is 18.0 Å². The molecule has 1 fully saturated rings. The molecule has 1 heterocycles. The van der Waals surface area contributed by atoms with Crippen molar-refractivity contribution < 1.29 is 9.59 Å². The first kappa shape index (κ1) is 13.2. The van der Waals surface area contributed by atoms with Gasteiger partial charge in [-0.1, -0.05) is 12.8 Å². The monoisotopic (exact) mass is 260 g/mol. The molecule has 1 saturated carbocycles. The zero-order valence-electron chi connectivity index (χ0n) is 10.5. The highest BCUT2D eigenvalue weighted by Gasteiger charge is 2.20. The minimum Gasteiger partial charge on any atom is -0.345 e. The molecule has 0 aliphatic heterocycles. The number of hydrogen-bond acceptors (Lipinski definition) is 4. The Morgan fingerprint density at radius 3 is 2.58 bits per heavy atom. The van der Waals surface area contributed by atoms with Gasteiger partial charge in [0.1, 0.15) is 0 Å². The molecule has 1 aromatic rings. The number of nitrogens with one attached hydrogen (secondary N) is 2. The SMILES string of the molecule is O=C(N/N=C\c1ccncc1)C(=O)NC1CCCC1. The van der Waals surface area contributed by atoms with Crippen molar-refractivity contribution in [2.24, 2.45) is 5.10 Å². The lowest BCUT2D eigenvalue weighted by Crippen LogP contribution is -2.42. The molecule has 1 aromatic heterocycles. The van der Waals surface area contributed by atoms with Crippen LogP contribution in [0, 0.1) is 0 Å². The standard InChI is InChI=1S/C13H16N4O2/c18-12(16-11-3-1-2-4-11)13(19)17-15-9-10-5-7-14-8-6-10/h5-9,11H,1-4H2,(H,16,18)(H,17,19)/b15-9-. The largest absolute Gasteiger partial charge is 0.345 e. The lowest BCUT2D eigenvalue weighted by molar-refractivity contribution is -0.139. The molecular weight excluding hydrogens is 244 g/mol. The first-order chi connectivity index (χ1) is 9.25. The zero-order valence-corrected chi connectivity index (χ0v) is 10.5. The summed E-state index contributed by atoms with van der Waals surface area (Å²) in [5, 5.41) is 6.42. The molecule has 2 N–H and O–H groups in total. The smallest absolute Gasteiger partial charge is 0.329 e. The van der Waals surface area contributed by atoms with E-state index in [1.54, 1.807) is 24.5 Å². The third-order valence-corrected chi connectivity index (χ3v) is 2.98. The number of rotatable bonds is 3. The van der Waals surface area contributed by atoms with E-state index in [1.165, 1.54) is 6.21 Å². The average molecular weight is 260 g/mol. The first-order valence-corrected chi connectivity index (χ1v) is 6.29. The number of hydrogen-bond donors (Lipinski definition) is 2. The van der Waals surface area contributed by atoms with Crippen LogP contribution in [-0.4, -0.2) is 29.1 Å². The van der Waals surface area contributed by atoms with Crippen LogP contribution >= 0.6 is 0 Å². The van der Waals surface area contributed by atoms with Gasteiger partial charge in [0.2, 0.25) is 0 Å². The van der Waals surface area contributed by atoms with Gasteiger partial charge >= 0.3 is 11.8 Å². The van der Waals surface area contributed by atoms with Gasteiger partial charge in [-0.15, -0.1) is 0 Å². The van der Waals surface area contributed by atoms with Crippen LogP contribution in [-0.2, 0) is 9.59 Å². The molecule has 2 rings (SSSR count). The molecule has 2 amide bonds. The number of amides is 2. The predicted octanol–water partition coefficient (Wildman–Crippen LogP) is 0.590. The van der Waals surface area contributed by atoms with Crippen LogP contribution in [0.15, 0.2) is 29.6 Å². The Bertz CT molecular complexity index is 467. The lowest BCUT2D eigenvalue weighted by Gasteiger charge is -2.10. The highest BCUT2D eigenvalue weighted by molar-refractivity contribution is 6.35. The number of hydrazone groups is 1. The topological polar surface area (TPSA) is 83.5 Å². The summed E-state index contributed by atoms with van der Waals surface area (Å²) < 4.78 is 0. The average Bonchev–Trinajstić information content (AvgIpc) is 2.92. The maximum Gasteiger partial charge on any atom is 0.329 e. The van der Waals surface area contributed by atoms with Crippen LogP contribution < -0.4 is 10.7 Å². The van der Waals surface area contributed by atoms with Gasteiger partial charge in [0.25, 0.3) is 0 Å². The van der Waals surface area contributed by atoms with Crippen molar-refractivity contribution in [1.29, 1.82) is 0 Å². The Labute approximate surface area is 111 Å². The van der Waals surface area contributed by atoms with E-state index in [0.717, 1.165) is 31.2 Å². The quantitative estimate of drug-likeness (QED) is 0.474. The van der Waals surface area contributed by atoms with E-state index in [9.17, 15) is 9.59 Å². The normalized spacial score (nSPS) is 15.6. The molecule has 1 aliphatic carbocycles. The summed E-state index contributed by atoms with van der Waals surface area (Å²) in [5.74, 6) is -1.36. The van der Waals surface area contributed by atoms with E-state index in [0.29, 0.717) is 0 Å². The van der Waals surface area contributed by atoms with E-state index >= 15 is 0 Å². The molecule has 0 atom stereocenters. The lowest BCUT2D eigenvalue weighted by atomic mass is 10.2. The minimum absolute atomic E-state index is 0.127. The molecule has 0 spiro atoms. The Kier molecular flexibility index (Phi) is 4.60. The molecule has 0 aromatic carbocycles. The highest BCUT2D eigenvalue weighted by Crippen LogP contribution is 2.17. The van der Waals surface area contributed by atoms with Crippen LogP contribution in [0.3, 0.4) is 0 Å². The number of carbonyl (C=O) groups is 2. The van der Waals surface area contributed by atoms with Crippen molar-refractivity contribution in [3.63, 3.8) is 0 Å². The third-order valence-electron chi connectivity index (χ3n) is 2.98. The van der Waals surface area contributed by atoms with Crippen LogP contribution in [0.2, 0.25) is 0 Å². The molecule has 1 aliphatic rings. The molecule has 0 bridgehead atoms. The molecular formula is C13H16N4O2. The molecule has 0 saturated heterocycles. The molecule has 6 heteroatoms. The first-order valence-electron chi connectivity index (χ1n) is 6.29. The number of nitrogens with zero attached hydrogens (tertiary/aromatic N) is 2. The molecule has 6 nitrogen and oxygen atoms in total. The van der Waals surface area contributed by atoms with E-state index in [-0.39, 0.29) is 6.04 Å². The predicted molar refractivity (Wildman–Crippen MR) is 70.4 cm³/mol. The Morgan fingerprint density at radius 2 is 1.89 bits per heavy atom. The van der Waals surface area contributed by atoms with E-state index < -0.39 is 11.8 Å². The summed E-state index contributed by atoms with van der Waals surface area (Å²) in [4.78, 5) is 26.9. The minimum atomic E-state index is -0.739. The van der Waals surface area contributed by atoms with E-state index in [1.807, 2.05) is 0 Å². The van der Waals surface area contributed by atoms with Gasteiger partial charge in [0, 0.05) is 18.4 Å². The molecule has 0 radical (unpaired) electrons. The van der Waals surface area contributed by atoms with Gasteiger partial charge in [-0.25, -0.2) is 5.43 Å². The van der Waals surface area contributed by atoms with Crippen molar-refractivity contribution in [3.8, 4) is 0 Å². The summed E-state index contributed by atoms with van der Waals surface area (Å²) in [6.45, 7) is 0. The second-order valence-electron chi connectivity index (χ2n) is 4.43. The van der Waals surface area contributed by atoms with Gasteiger partial charge in [-0.2, -0.15) is 5.10 Å². The number of aromatic nitrogens is 1. The maximum absolute atomic E-state index is 11.5. The van der Waals surface area contributed by atoms with Crippen LogP contribution in [0.4, 0.5) is 0 Å². The van der Waals surface area contributed by atoms with Crippen LogP contribution in [0.25, 0.3) is 0 Å². The fourth-order valence-electron chi connectivity index (χ4n) is 1.99. The van der Waals surface area contributed by atoms with Crippen molar-refractivity contribution in [3.05, 3.63) is 30.1 Å². The van der Waals surface area contributed by atoms with Gasteiger partial charge in [0.15, 0.2) is 0 Å². The second kappa shape index (κ2) is 6.63. The van der Waals surface area contributed by atoms with Crippen molar-refractivity contribution in [2.75, 3.05) is 0 Å². The summed E-state index contributed by atoms with van der Waals surface area (Å²) in [6.07, 6.45) is 8.80. The van der Waals surface area contributed by atoms with Gasteiger partial charge < -0.3 is 5.32 Å². The summed E-state index contributed by atoms with van der Waals surface area (Å²) >= 11 is 0. The zero-order chi connectivity index (χ0) is 13.5. The molecule has 19 heavy (non-hydrogen) atoms. The number of carbonyl (C=O) groups excluding carboxylic acids is 2. The van der Waals surface area contributed by atoms with Gasteiger partial charge in [0.05, 0.1) is 6.21 Å². The number of pyridine rings is 1. The Morgan fingerprint density at radius 1 is 1.21 bits per heavy atom. The molecule has 100 valence electrons. The Balaban J connectivity index is 1.77. The van der Waals surface area contributed by atoms with Gasteiger partial charge in [-0.3, -0.25) is 14.6 Å². The summed E-state index contributed by atoms with van der Waals surface area (Å²) in [7, 11) is 0. The fourth-order valence-corrected chi connectivity index (χ4v) is 1.99.